The number of rotatable bonds is 5. The molecule has 5 rings (SSSR count). The summed E-state index contributed by atoms with van der Waals surface area (Å²) in [6, 6.07) is 16.6. The summed E-state index contributed by atoms with van der Waals surface area (Å²) in [5.41, 5.74) is 4.54. The maximum atomic E-state index is 5.36. The number of hydrogen-bond acceptors (Lipinski definition) is 6. The van der Waals surface area contributed by atoms with Gasteiger partial charge in [-0.25, -0.2) is 9.97 Å². The highest BCUT2D eigenvalue weighted by molar-refractivity contribution is 7.15. The van der Waals surface area contributed by atoms with E-state index < -0.39 is 0 Å². The number of ether oxygens (including phenoxy) is 1. The fraction of sp³-hybridized carbons (Fsp3) is 0.208. The molecular weight excluding hydrogens is 392 g/mol. The minimum Gasteiger partial charge on any atom is -0.497 e. The van der Waals surface area contributed by atoms with E-state index >= 15 is 0 Å². The molecule has 0 atom stereocenters. The van der Waals surface area contributed by atoms with Crippen molar-refractivity contribution in [2.24, 2.45) is 0 Å². The summed E-state index contributed by atoms with van der Waals surface area (Å²) >= 11 is 1.84. The molecule has 0 radical (unpaired) electrons. The lowest BCUT2D eigenvalue weighted by atomic mass is 10.1. The molecular formula is C24H22N4OS. The molecule has 0 spiro atoms. The van der Waals surface area contributed by atoms with Gasteiger partial charge in [0, 0.05) is 65.5 Å². The monoisotopic (exact) mass is 414 g/mol. The molecule has 0 bridgehead atoms. The summed E-state index contributed by atoms with van der Waals surface area (Å²) in [7, 11) is 1.70. The minimum atomic E-state index is 0.761. The predicted molar refractivity (Wildman–Crippen MR) is 119 cm³/mol. The standard InChI is InChI=1S/C24H22N4OS/c1-29-20-6-2-4-17(12-20)23-8-7-21(30-23)16-28-11-9-22-19(15-28)14-26-24(27-22)18-5-3-10-25-13-18/h2-8,10,12-14H,9,11,15-16H2,1H3. The van der Waals surface area contributed by atoms with E-state index in [1.54, 1.807) is 13.3 Å². The van der Waals surface area contributed by atoms with Crippen molar-refractivity contribution in [2.45, 2.75) is 19.5 Å². The van der Waals surface area contributed by atoms with E-state index in [-0.39, 0.29) is 0 Å². The number of nitrogens with zero attached hydrogens (tertiary/aromatic N) is 4. The van der Waals surface area contributed by atoms with Gasteiger partial charge in [-0.3, -0.25) is 9.88 Å². The van der Waals surface area contributed by atoms with E-state index in [2.05, 4.69) is 39.1 Å². The molecule has 4 aromatic rings. The topological polar surface area (TPSA) is 51.1 Å². The van der Waals surface area contributed by atoms with Crippen molar-refractivity contribution >= 4 is 11.3 Å². The average molecular weight is 415 g/mol. The van der Waals surface area contributed by atoms with Gasteiger partial charge in [-0.1, -0.05) is 12.1 Å². The maximum Gasteiger partial charge on any atom is 0.160 e. The highest BCUT2D eigenvalue weighted by atomic mass is 32.1. The van der Waals surface area contributed by atoms with E-state index in [0.29, 0.717) is 0 Å². The maximum absolute atomic E-state index is 5.36. The van der Waals surface area contributed by atoms with Crippen LogP contribution in [0.1, 0.15) is 16.1 Å². The van der Waals surface area contributed by atoms with Crippen LogP contribution >= 0.6 is 11.3 Å². The SMILES string of the molecule is COc1cccc(-c2ccc(CN3CCc4nc(-c5cccnc5)ncc4C3)s2)c1. The molecule has 0 saturated carbocycles. The van der Waals surface area contributed by atoms with E-state index in [1.165, 1.54) is 20.9 Å². The number of aromatic nitrogens is 3. The number of pyridine rings is 1. The minimum absolute atomic E-state index is 0.761. The van der Waals surface area contributed by atoms with E-state index in [9.17, 15) is 0 Å². The van der Waals surface area contributed by atoms with Crippen LogP contribution in [0, 0.1) is 0 Å². The quantitative estimate of drug-likeness (QED) is 0.468. The molecule has 0 aliphatic carbocycles. The van der Waals surface area contributed by atoms with Crippen LogP contribution in [0.15, 0.2) is 67.1 Å². The summed E-state index contributed by atoms with van der Waals surface area (Å²) in [6.07, 6.45) is 6.50. The zero-order valence-electron chi connectivity index (χ0n) is 16.8. The first-order chi connectivity index (χ1) is 14.8. The van der Waals surface area contributed by atoms with Crippen LogP contribution in [-0.4, -0.2) is 33.5 Å². The van der Waals surface area contributed by atoms with Gasteiger partial charge in [0.2, 0.25) is 0 Å². The highest BCUT2D eigenvalue weighted by Gasteiger charge is 2.19. The van der Waals surface area contributed by atoms with E-state index in [0.717, 1.165) is 48.9 Å². The Kier molecular flexibility index (Phi) is 5.26. The van der Waals surface area contributed by atoms with Gasteiger partial charge in [0.15, 0.2) is 5.82 Å². The fourth-order valence-electron chi connectivity index (χ4n) is 3.76. The first kappa shape index (κ1) is 18.9. The predicted octanol–water partition coefficient (Wildman–Crippen LogP) is 4.83. The van der Waals surface area contributed by atoms with Crippen LogP contribution < -0.4 is 4.74 Å². The first-order valence-corrected chi connectivity index (χ1v) is 10.8. The lowest BCUT2D eigenvalue weighted by Gasteiger charge is -2.27. The lowest BCUT2D eigenvalue weighted by molar-refractivity contribution is 0.245. The van der Waals surface area contributed by atoms with Crippen LogP contribution in [0.4, 0.5) is 0 Å². The number of thiophene rings is 1. The highest BCUT2D eigenvalue weighted by Crippen LogP contribution is 2.31. The molecule has 150 valence electrons. The van der Waals surface area contributed by atoms with Crippen molar-refractivity contribution in [1.82, 2.24) is 19.9 Å². The second kappa shape index (κ2) is 8.34. The Bertz CT molecular complexity index is 1160. The summed E-state index contributed by atoms with van der Waals surface area (Å²) in [5, 5.41) is 0. The van der Waals surface area contributed by atoms with Gasteiger partial charge in [0.1, 0.15) is 5.75 Å². The third kappa shape index (κ3) is 3.97. The van der Waals surface area contributed by atoms with Gasteiger partial charge in [-0.2, -0.15) is 0 Å². The Labute approximate surface area is 180 Å². The fourth-order valence-corrected chi connectivity index (χ4v) is 4.81. The van der Waals surface area contributed by atoms with Gasteiger partial charge >= 0.3 is 0 Å². The summed E-state index contributed by atoms with van der Waals surface area (Å²) in [4.78, 5) is 18.6. The molecule has 1 aliphatic heterocycles. The molecule has 0 fully saturated rings. The number of hydrogen-bond donors (Lipinski definition) is 0. The largest absolute Gasteiger partial charge is 0.497 e. The first-order valence-electron chi connectivity index (χ1n) is 9.99. The Morgan fingerprint density at radius 3 is 2.87 bits per heavy atom. The Morgan fingerprint density at radius 1 is 1.07 bits per heavy atom. The van der Waals surface area contributed by atoms with Crippen LogP contribution in [-0.2, 0) is 19.5 Å². The van der Waals surface area contributed by atoms with Crippen LogP contribution in [0.5, 0.6) is 5.75 Å². The molecule has 3 aromatic heterocycles. The molecule has 0 saturated heterocycles. The zero-order chi connectivity index (χ0) is 20.3. The number of benzene rings is 1. The summed E-state index contributed by atoms with van der Waals surface area (Å²) in [6.45, 7) is 2.83. The van der Waals surface area contributed by atoms with Crippen LogP contribution in [0.2, 0.25) is 0 Å². The third-order valence-electron chi connectivity index (χ3n) is 5.33. The molecule has 30 heavy (non-hydrogen) atoms. The van der Waals surface area contributed by atoms with Crippen molar-refractivity contribution in [3.8, 4) is 27.6 Å². The second-order valence-corrected chi connectivity index (χ2v) is 8.53. The molecule has 1 aromatic carbocycles. The molecule has 6 heteroatoms. The van der Waals surface area contributed by atoms with Gasteiger partial charge in [-0.15, -0.1) is 11.3 Å². The lowest BCUT2D eigenvalue weighted by Crippen LogP contribution is -2.30. The average Bonchev–Trinajstić information content (AvgIpc) is 3.28. The zero-order valence-corrected chi connectivity index (χ0v) is 17.6. The van der Waals surface area contributed by atoms with E-state index in [4.69, 9.17) is 9.72 Å². The summed E-state index contributed by atoms with van der Waals surface area (Å²) < 4.78 is 5.36. The van der Waals surface area contributed by atoms with Crippen LogP contribution in [0.3, 0.4) is 0 Å². The Morgan fingerprint density at radius 2 is 2.00 bits per heavy atom. The van der Waals surface area contributed by atoms with Crippen molar-refractivity contribution in [1.29, 1.82) is 0 Å². The Hall–Kier alpha value is -3.09. The summed E-state index contributed by atoms with van der Waals surface area (Å²) in [5.74, 6) is 1.65. The third-order valence-corrected chi connectivity index (χ3v) is 6.45. The number of fused-ring (bicyclic) bond motifs is 1. The smallest absolute Gasteiger partial charge is 0.160 e. The van der Waals surface area contributed by atoms with Crippen molar-refractivity contribution in [3.05, 3.63) is 83.3 Å². The van der Waals surface area contributed by atoms with Crippen molar-refractivity contribution in [2.75, 3.05) is 13.7 Å². The van der Waals surface area contributed by atoms with Gasteiger partial charge in [0.25, 0.3) is 0 Å². The van der Waals surface area contributed by atoms with Crippen molar-refractivity contribution < 1.29 is 4.74 Å². The normalized spacial score (nSPS) is 13.8. The van der Waals surface area contributed by atoms with Crippen LogP contribution in [0.25, 0.3) is 21.8 Å². The van der Waals surface area contributed by atoms with Gasteiger partial charge in [-0.05, 0) is 42.0 Å². The molecule has 4 heterocycles. The molecule has 0 N–H and O–H groups in total. The molecule has 0 amide bonds. The molecule has 5 nitrogen and oxygen atoms in total. The molecule has 1 aliphatic rings. The Balaban J connectivity index is 1.28. The van der Waals surface area contributed by atoms with Gasteiger partial charge < -0.3 is 4.74 Å². The number of methoxy groups -OCH3 is 1. The second-order valence-electron chi connectivity index (χ2n) is 7.37. The van der Waals surface area contributed by atoms with E-state index in [1.807, 2.05) is 48.0 Å². The molecule has 0 unspecified atom stereocenters. The van der Waals surface area contributed by atoms with Gasteiger partial charge in [0.05, 0.1) is 12.8 Å². The van der Waals surface area contributed by atoms with Crippen molar-refractivity contribution in [3.63, 3.8) is 0 Å².